The van der Waals surface area contributed by atoms with Crippen LogP contribution in [0.15, 0.2) is 59.6 Å². The molecule has 0 saturated carbocycles. The number of aromatic nitrogens is 3. The number of H-pyrrole nitrogens is 2. The molecule has 0 aliphatic carbocycles. The number of hydrogen-bond donors (Lipinski definition) is 3. The smallest absolute Gasteiger partial charge is 0.272 e. The van der Waals surface area contributed by atoms with Crippen LogP contribution in [0.1, 0.15) is 51.6 Å². The van der Waals surface area contributed by atoms with E-state index in [4.69, 9.17) is 0 Å². The van der Waals surface area contributed by atoms with E-state index in [0.717, 1.165) is 22.5 Å². The molecule has 0 saturated heterocycles. The summed E-state index contributed by atoms with van der Waals surface area (Å²) in [5, 5.41) is 9.48. The van der Waals surface area contributed by atoms with Crippen molar-refractivity contribution >= 4 is 27.4 Å². The van der Waals surface area contributed by atoms with Crippen LogP contribution in [0.4, 0.5) is 18.9 Å². The van der Waals surface area contributed by atoms with E-state index in [0.29, 0.717) is 17.3 Å². The number of aromatic amines is 2. The van der Waals surface area contributed by atoms with Gasteiger partial charge in [0.1, 0.15) is 23.1 Å². The van der Waals surface area contributed by atoms with E-state index in [1.54, 1.807) is 26.1 Å². The minimum atomic E-state index is -4.37. The molecule has 0 atom stereocenters. The maximum absolute atomic E-state index is 14.8. The molecule has 0 spiro atoms. The van der Waals surface area contributed by atoms with E-state index in [2.05, 4.69) is 20.5 Å². The number of hydrogen-bond acceptors (Lipinski definition) is 5. The quantitative estimate of drug-likeness (QED) is 0.293. The number of nitrogens with zero attached hydrogens (tertiary/aromatic N) is 2. The van der Waals surface area contributed by atoms with E-state index in [1.165, 1.54) is 18.2 Å². The third-order valence-corrected chi connectivity index (χ3v) is 8.60. The molecule has 3 heterocycles. The van der Waals surface area contributed by atoms with Gasteiger partial charge < -0.3 is 10.3 Å². The van der Waals surface area contributed by atoms with Crippen LogP contribution in [0.25, 0.3) is 0 Å². The van der Waals surface area contributed by atoms with Crippen LogP contribution >= 0.6 is 0 Å². The van der Waals surface area contributed by atoms with Gasteiger partial charge in [0.15, 0.2) is 5.78 Å². The molecule has 2 aromatic carbocycles. The lowest BCUT2D eigenvalue weighted by Crippen LogP contribution is -2.40. The first kappa shape index (κ1) is 26.4. The molecule has 9 nitrogen and oxygen atoms in total. The summed E-state index contributed by atoms with van der Waals surface area (Å²) in [5.41, 5.74) is -0.447. The Labute approximate surface area is 221 Å². The SMILES string of the molecule is CC1(C)c2n[nH]c(CC(=O)c3c(F)cccc3NC(=O)c3ccc[nH]3)c2CN1S(=O)(=O)c1cc(F)cc(F)c1. The molecule has 0 unspecified atom stereocenters. The molecule has 1 aliphatic heterocycles. The largest absolute Gasteiger partial charge is 0.357 e. The zero-order valence-corrected chi connectivity index (χ0v) is 21.5. The fourth-order valence-corrected chi connectivity index (χ4v) is 6.46. The summed E-state index contributed by atoms with van der Waals surface area (Å²) < 4.78 is 70.2. The van der Waals surface area contributed by atoms with Gasteiger partial charge in [0.05, 0.1) is 33.8 Å². The number of rotatable bonds is 7. The summed E-state index contributed by atoms with van der Waals surface area (Å²) in [6.07, 6.45) is 1.16. The zero-order valence-electron chi connectivity index (χ0n) is 20.7. The van der Waals surface area contributed by atoms with Gasteiger partial charge in [0.25, 0.3) is 5.91 Å². The molecule has 2 aromatic heterocycles. The molecule has 13 heteroatoms. The Hall–Kier alpha value is -4.23. The molecule has 3 N–H and O–H groups in total. The van der Waals surface area contributed by atoms with E-state index in [1.807, 2.05) is 0 Å². The third kappa shape index (κ3) is 4.63. The molecule has 0 fully saturated rings. The van der Waals surface area contributed by atoms with Gasteiger partial charge in [-0.15, -0.1) is 0 Å². The van der Waals surface area contributed by atoms with E-state index in [9.17, 15) is 31.2 Å². The minimum absolute atomic E-state index is 0.0339. The van der Waals surface area contributed by atoms with Crippen molar-refractivity contribution in [3.8, 4) is 0 Å². The molecular weight excluding hydrogens is 535 g/mol. The zero-order chi connectivity index (χ0) is 28.1. The Morgan fingerprint density at radius 1 is 1.08 bits per heavy atom. The van der Waals surface area contributed by atoms with E-state index >= 15 is 0 Å². The summed E-state index contributed by atoms with van der Waals surface area (Å²) in [7, 11) is -4.37. The Morgan fingerprint density at radius 2 is 1.79 bits per heavy atom. The van der Waals surface area contributed by atoms with Crippen molar-refractivity contribution in [3.05, 3.63) is 100 Å². The fourth-order valence-electron chi connectivity index (χ4n) is 4.70. The highest BCUT2D eigenvalue weighted by Gasteiger charge is 2.48. The van der Waals surface area contributed by atoms with Crippen molar-refractivity contribution in [1.29, 1.82) is 0 Å². The number of carbonyl (C=O) groups is 2. The predicted octanol–water partition coefficient (Wildman–Crippen LogP) is 4.27. The fraction of sp³-hybridized carbons (Fsp3) is 0.192. The van der Waals surface area contributed by atoms with Crippen LogP contribution in [0.5, 0.6) is 0 Å². The molecule has 39 heavy (non-hydrogen) atoms. The maximum Gasteiger partial charge on any atom is 0.272 e. The number of amides is 1. The van der Waals surface area contributed by atoms with Crippen molar-refractivity contribution in [1.82, 2.24) is 19.5 Å². The number of sulfonamides is 1. The van der Waals surface area contributed by atoms with E-state index < -0.39 is 49.6 Å². The Bertz CT molecular complexity index is 1690. The van der Waals surface area contributed by atoms with Crippen molar-refractivity contribution in [3.63, 3.8) is 0 Å². The number of halogens is 3. The topological polar surface area (TPSA) is 128 Å². The highest BCUT2D eigenvalue weighted by atomic mass is 32.2. The number of fused-ring (bicyclic) bond motifs is 1. The first-order chi connectivity index (χ1) is 18.4. The van der Waals surface area contributed by atoms with Gasteiger partial charge in [-0.3, -0.25) is 14.7 Å². The highest BCUT2D eigenvalue weighted by Crippen LogP contribution is 2.43. The first-order valence-corrected chi connectivity index (χ1v) is 13.2. The number of anilines is 1. The Kier molecular flexibility index (Phi) is 6.43. The van der Waals surface area contributed by atoms with Crippen molar-refractivity contribution in [2.45, 2.75) is 37.2 Å². The standard InChI is InChI=1S/C26H22F3N5O4S/c1-26(2)24-17(13-34(26)39(37,38)16-10-14(27)9-15(28)11-16)21(32-33-24)12-22(35)23-18(29)5-3-6-19(23)31-25(36)20-7-4-8-30-20/h3-11,30H,12-13H2,1-2H3,(H,31,36)(H,32,33). The van der Waals surface area contributed by atoms with Crippen molar-refractivity contribution in [2.24, 2.45) is 0 Å². The minimum Gasteiger partial charge on any atom is -0.357 e. The Morgan fingerprint density at radius 3 is 2.46 bits per heavy atom. The van der Waals surface area contributed by atoms with Crippen LogP contribution in [0.3, 0.4) is 0 Å². The summed E-state index contributed by atoms with van der Waals surface area (Å²) in [4.78, 5) is 28.0. The monoisotopic (exact) mass is 557 g/mol. The number of Topliss-reactive ketones (excluding diaryl/α,β-unsaturated/α-hetero) is 1. The van der Waals surface area contributed by atoms with E-state index in [-0.39, 0.29) is 35.6 Å². The number of benzene rings is 2. The van der Waals surface area contributed by atoms with Crippen LogP contribution in [0.2, 0.25) is 0 Å². The second-order valence-electron chi connectivity index (χ2n) is 9.51. The molecule has 4 aromatic rings. The second-order valence-corrected chi connectivity index (χ2v) is 11.4. The average Bonchev–Trinajstić information content (AvgIpc) is 3.57. The maximum atomic E-state index is 14.8. The number of ketones is 1. The number of nitrogens with one attached hydrogen (secondary N) is 3. The lowest BCUT2D eigenvalue weighted by Gasteiger charge is -2.30. The molecule has 0 radical (unpaired) electrons. The van der Waals surface area contributed by atoms with Gasteiger partial charge in [-0.05, 0) is 50.2 Å². The second kappa shape index (κ2) is 9.50. The Balaban J connectivity index is 1.44. The van der Waals surface area contributed by atoms with Crippen LogP contribution in [-0.2, 0) is 28.5 Å². The van der Waals surface area contributed by atoms with Gasteiger partial charge in [-0.1, -0.05) is 6.07 Å². The molecule has 5 rings (SSSR count). The van der Waals surface area contributed by atoms with Crippen molar-refractivity contribution in [2.75, 3.05) is 5.32 Å². The normalized spacial score (nSPS) is 14.8. The summed E-state index contributed by atoms with van der Waals surface area (Å²) >= 11 is 0. The molecule has 1 amide bonds. The van der Waals surface area contributed by atoms with Gasteiger partial charge in [0, 0.05) is 30.1 Å². The third-order valence-electron chi connectivity index (χ3n) is 6.60. The van der Waals surface area contributed by atoms with Crippen LogP contribution in [0, 0.1) is 17.5 Å². The lowest BCUT2D eigenvalue weighted by atomic mass is 9.98. The summed E-state index contributed by atoms with van der Waals surface area (Å²) in [5.74, 6) is -4.19. The van der Waals surface area contributed by atoms with Crippen molar-refractivity contribution < 1.29 is 31.2 Å². The van der Waals surface area contributed by atoms with Crippen LogP contribution in [-0.4, -0.2) is 39.6 Å². The van der Waals surface area contributed by atoms with Gasteiger partial charge in [-0.2, -0.15) is 9.40 Å². The molecule has 202 valence electrons. The van der Waals surface area contributed by atoms with Gasteiger partial charge in [-0.25, -0.2) is 21.6 Å². The lowest BCUT2D eigenvalue weighted by molar-refractivity contribution is 0.0988. The molecule has 0 bridgehead atoms. The highest BCUT2D eigenvalue weighted by molar-refractivity contribution is 7.89. The van der Waals surface area contributed by atoms with Gasteiger partial charge in [0.2, 0.25) is 10.0 Å². The average molecular weight is 558 g/mol. The van der Waals surface area contributed by atoms with Crippen LogP contribution < -0.4 is 5.32 Å². The predicted molar refractivity (Wildman–Crippen MR) is 134 cm³/mol. The molecular formula is C26H22F3N5O4S. The van der Waals surface area contributed by atoms with Gasteiger partial charge >= 0.3 is 0 Å². The molecule has 1 aliphatic rings. The summed E-state index contributed by atoms with van der Waals surface area (Å²) in [6.45, 7) is 2.91. The summed E-state index contributed by atoms with van der Waals surface area (Å²) in [6, 6.07) is 8.98. The number of carbonyl (C=O) groups excluding carboxylic acids is 2. The first-order valence-electron chi connectivity index (χ1n) is 11.7.